The summed E-state index contributed by atoms with van der Waals surface area (Å²) in [6, 6.07) is 15.0. The fraction of sp³-hybridized carbons (Fsp3) is 0.250. The summed E-state index contributed by atoms with van der Waals surface area (Å²) >= 11 is 0. The normalized spacial score (nSPS) is 9.96. The predicted molar refractivity (Wildman–Crippen MR) is 99.7 cm³/mol. The number of hydrogen-bond acceptors (Lipinski definition) is 5. The maximum absolute atomic E-state index is 12.0. The summed E-state index contributed by atoms with van der Waals surface area (Å²) in [4.78, 5) is 35.0. The number of rotatable bonds is 8. The van der Waals surface area contributed by atoms with Gasteiger partial charge in [-0.1, -0.05) is 31.5 Å². The SMILES string of the molecule is CCCCNC(=O)NC(=O)COC(=O)c1ccc(Oc2ccccc2)cc1. The van der Waals surface area contributed by atoms with Crippen LogP contribution in [0.4, 0.5) is 4.79 Å². The summed E-state index contributed by atoms with van der Waals surface area (Å²) in [5, 5.41) is 4.63. The van der Waals surface area contributed by atoms with Gasteiger partial charge >= 0.3 is 12.0 Å². The number of benzene rings is 2. The van der Waals surface area contributed by atoms with Crippen LogP contribution in [-0.4, -0.2) is 31.1 Å². The number of imide groups is 1. The van der Waals surface area contributed by atoms with Gasteiger partial charge in [0.1, 0.15) is 11.5 Å². The number of carbonyl (C=O) groups is 3. The molecule has 3 amide bonds. The van der Waals surface area contributed by atoms with Gasteiger partial charge < -0.3 is 14.8 Å². The van der Waals surface area contributed by atoms with Crippen LogP contribution in [0.2, 0.25) is 0 Å². The number of hydrogen-bond donors (Lipinski definition) is 2. The van der Waals surface area contributed by atoms with E-state index >= 15 is 0 Å². The molecule has 0 heterocycles. The van der Waals surface area contributed by atoms with E-state index in [-0.39, 0.29) is 5.56 Å². The smallest absolute Gasteiger partial charge is 0.338 e. The third-order valence-corrected chi connectivity index (χ3v) is 3.47. The molecule has 0 aliphatic carbocycles. The highest BCUT2D eigenvalue weighted by Crippen LogP contribution is 2.21. The van der Waals surface area contributed by atoms with Crippen LogP contribution in [-0.2, 0) is 9.53 Å². The van der Waals surface area contributed by atoms with Gasteiger partial charge in [0, 0.05) is 6.54 Å². The van der Waals surface area contributed by atoms with Crippen LogP contribution in [0, 0.1) is 0 Å². The van der Waals surface area contributed by atoms with Crippen molar-refractivity contribution in [1.29, 1.82) is 0 Å². The summed E-state index contributed by atoms with van der Waals surface area (Å²) in [5.41, 5.74) is 0.274. The van der Waals surface area contributed by atoms with Crippen LogP contribution >= 0.6 is 0 Å². The molecule has 0 fully saturated rings. The van der Waals surface area contributed by atoms with Gasteiger partial charge in [0.15, 0.2) is 6.61 Å². The summed E-state index contributed by atoms with van der Waals surface area (Å²) < 4.78 is 10.5. The first kappa shape index (κ1) is 20.0. The lowest BCUT2D eigenvalue weighted by Crippen LogP contribution is -2.41. The van der Waals surface area contributed by atoms with E-state index in [4.69, 9.17) is 9.47 Å². The Bertz CT molecular complexity index is 760. The molecular weight excluding hydrogens is 348 g/mol. The molecule has 0 aromatic heterocycles. The molecule has 0 saturated heterocycles. The van der Waals surface area contributed by atoms with E-state index < -0.39 is 24.5 Å². The molecule has 0 bridgehead atoms. The predicted octanol–water partition coefficient (Wildman–Crippen LogP) is 3.26. The van der Waals surface area contributed by atoms with E-state index in [1.54, 1.807) is 12.1 Å². The summed E-state index contributed by atoms with van der Waals surface area (Å²) in [6.45, 7) is 1.93. The van der Waals surface area contributed by atoms with Crippen LogP contribution in [0.15, 0.2) is 54.6 Å². The Morgan fingerprint density at radius 1 is 0.926 bits per heavy atom. The molecule has 2 N–H and O–H groups in total. The lowest BCUT2D eigenvalue weighted by atomic mass is 10.2. The fourth-order valence-electron chi connectivity index (χ4n) is 2.08. The molecule has 2 rings (SSSR count). The number of ether oxygens (including phenoxy) is 2. The van der Waals surface area contributed by atoms with Gasteiger partial charge in [0.05, 0.1) is 5.56 Å². The first-order valence-electron chi connectivity index (χ1n) is 8.66. The molecule has 0 atom stereocenters. The highest BCUT2D eigenvalue weighted by molar-refractivity contribution is 5.97. The van der Waals surface area contributed by atoms with Gasteiger partial charge in [-0.05, 0) is 42.8 Å². The molecule has 0 unspecified atom stereocenters. The maximum atomic E-state index is 12.0. The van der Waals surface area contributed by atoms with Crippen LogP contribution in [0.1, 0.15) is 30.1 Å². The molecular formula is C20H22N2O5. The maximum Gasteiger partial charge on any atom is 0.338 e. The van der Waals surface area contributed by atoms with Crippen LogP contribution in [0.3, 0.4) is 0 Å². The Hall–Kier alpha value is -3.35. The van der Waals surface area contributed by atoms with Crippen molar-refractivity contribution in [3.05, 3.63) is 60.2 Å². The highest BCUT2D eigenvalue weighted by Gasteiger charge is 2.12. The van der Waals surface area contributed by atoms with E-state index in [0.717, 1.165) is 12.8 Å². The molecule has 0 aliphatic heterocycles. The number of esters is 1. The van der Waals surface area contributed by atoms with Gasteiger partial charge in [0.2, 0.25) is 0 Å². The molecule has 7 heteroatoms. The first-order chi connectivity index (χ1) is 13.1. The van der Waals surface area contributed by atoms with Gasteiger partial charge in [-0.2, -0.15) is 0 Å². The van der Waals surface area contributed by atoms with Crippen LogP contribution in [0.5, 0.6) is 11.5 Å². The first-order valence-corrected chi connectivity index (χ1v) is 8.66. The molecule has 142 valence electrons. The standard InChI is InChI=1S/C20H22N2O5/c1-2-3-13-21-20(25)22-18(23)14-26-19(24)15-9-11-17(12-10-15)27-16-7-5-4-6-8-16/h4-12H,2-3,13-14H2,1H3,(H2,21,22,23,25). The van der Waals surface area contributed by atoms with Crippen molar-refractivity contribution in [3.8, 4) is 11.5 Å². The van der Waals surface area contributed by atoms with E-state index in [1.165, 1.54) is 12.1 Å². The van der Waals surface area contributed by atoms with Crippen molar-refractivity contribution < 1.29 is 23.9 Å². The summed E-state index contributed by atoms with van der Waals surface area (Å²) in [5.74, 6) is -0.106. The van der Waals surface area contributed by atoms with Crippen molar-refractivity contribution in [2.45, 2.75) is 19.8 Å². The molecule has 2 aromatic rings. The minimum atomic E-state index is -0.693. The Balaban J connectivity index is 1.77. The average Bonchev–Trinajstić information content (AvgIpc) is 2.68. The minimum Gasteiger partial charge on any atom is -0.457 e. The Kier molecular flexibility index (Phi) is 7.84. The second-order valence-electron chi connectivity index (χ2n) is 5.67. The Morgan fingerprint density at radius 2 is 1.59 bits per heavy atom. The third kappa shape index (κ3) is 7.19. The van der Waals surface area contributed by atoms with Crippen molar-refractivity contribution in [3.63, 3.8) is 0 Å². The number of para-hydroxylation sites is 1. The highest BCUT2D eigenvalue weighted by atomic mass is 16.5. The van der Waals surface area contributed by atoms with Crippen molar-refractivity contribution in [1.82, 2.24) is 10.6 Å². The van der Waals surface area contributed by atoms with Crippen LogP contribution in [0.25, 0.3) is 0 Å². The summed E-state index contributed by atoms with van der Waals surface area (Å²) in [6.07, 6.45) is 1.75. The molecule has 0 saturated carbocycles. The second-order valence-corrected chi connectivity index (χ2v) is 5.67. The number of unbranched alkanes of at least 4 members (excludes halogenated alkanes) is 1. The van der Waals surface area contributed by atoms with E-state index in [0.29, 0.717) is 18.0 Å². The lowest BCUT2D eigenvalue weighted by Gasteiger charge is -2.08. The zero-order valence-electron chi connectivity index (χ0n) is 15.1. The molecule has 7 nitrogen and oxygen atoms in total. The van der Waals surface area contributed by atoms with E-state index in [1.807, 2.05) is 37.3 Å². The van der Waals surface area contributed by atoms with Gasteiger partial charge in [-0.25, -0.2) is 9.59 Å². The van der Waals surface area contributed by atoms with E-state index in [2.05, 4.69) is 10.6 Å². The van der Waals surface area contributed by atoms with Gasteiger partial charge in [0.25, 0.3) is 5.91 Å². The Morgan fingerprint density at radius 3 is 2.26 bits per heavy atom. The number of amides is 3. The lowest BCUT2D eigenvalue weighted by molar-refractivity contribution is -0.123. The third-order valence-electron chi connectivity index (χ3n) is 3.47. The molecule has 0 aliphatic rings. The molecule has 27 heavy (non-hydrogen) atoms. The van der Waals surface area contributed by atoms with E-state index in [9.17, 15) is 14.4 Å². The van der Waals surface area contributed by atoms with Crippen molar-refractivity contribution in [2.24, 2.45) is 0 Å². The quantitative estimate of drug-likeness (QED) is 0.549. The Labute approximate surface area is 157 Å². The van der Waals surface area contributed by atoms with Crippen LogP contribution < -0.4 is 15.4 Å². The fourth-order valence-corrected chi connectivity index (χ4v) is 2.08. The van der Waals surface area contributed by atoms with Gasteiger partial charge in [-0.3, -0.25) is 10.1 Å². The minimum absolute atomic E-state index is 0.274. The number of nitrogens with one attached hydrogen (secondary N) is 2. The van der Waals surface area contributed by atoms with Crippen molar-refractivity contribution in [2.75, 3.05) is 13.2 Å². The molecule has 2 aromatic carbocycles. The summed E-state index contributed by atoms with van der Waals surface area (Å²) in [7, 11) is 0. The molecule has 0 radical (unpaired) electrons. The van der Waals surface area contributed by atoms with Crippen molar-refractivity contribution >= 4 is 17.9 Å². The largest absolute Gasteiger partial charge is 0.457 e. The molecule has 0 spiro atoms. The monoisotopic (exact) mass is 370 g/mol. The average molecular weight is 370 g/mol. The number of urea groups is 1. The number of carbonyl (C=O) groups excluding carboxylic acids is 3. The zero-order chi connectivity index (χ0) is 19.5. The topological polar surface area (TPSA) is 93.7 Å². The second kappa shape index (κ2) is 10.6. The zero-order valence-corrected chi connectivity index (χ0v) is 15.1. The van der Waals surface area contributed by atoms with Gasteiger partial charge in [-0.15, -0.1) is 0 Å².